The van der Waals surface area contributed by atoms with Crippen molar-refractivity contribution in [2.75, 3.05) is 19.3 Å². The second-order valence-corrected chi connectivity index (χ2v) is 6.76. The molecule has 5 heteroatoms. The molecule has 0 aromatic heterocycles. The van der Waals surface area contributed by atoms with E-state index >= 15 is 0 Å². The number of rotatable bonds is 6. The number of sulfone groups is 1. The minimum absolute atomic E-state index is 0.267. The lowest BCUT2D eigenvalue weighted by Gasteiger charge is -2.24. The molecule has 4 nitrogen and oxygen atoms in total. The summed E-state index contributed by atoms with van der Waals surface area (Å²) in [6, 6.07) is 6.37. The zero-order chi connectivity index (χ0) is 13.8. The summed E-state index contributed by atoms with van der Waals surface area (Å²) in [6.45, 7) is 5.06. The number of nitrogens with one attached hydrogen (secondary N) is 1. The van der Waals surface area contributed by atoms with E-state index in [4.69, 9.17) is 0 Å². The van der Waals surface area contributed by atoms with Gasteiger partial charge >= 0.3 is 0 Å². The topological polar surface area (TPSA) is 66.4 Å². The van der Waals surface area contributed by atoms with Crippen molar-refractivity contribution in [3.63, 3.8) is 0 Å². The van der Waals surface area contributed by atoms with Crippen LogP contribution in [0.15, 0.2) is 29.2 Å². The van der Waals surface area contributed by atoms with Crippen LogP contribution in [0.25, 0.3) is 0 Å². The molecule has 2 N–H and O–H groups in total. The lowest BCUT2D eigenvalue weighted by atomic mass is 9.96. The molecule has 1 rings (SSSR count). The van der Waals surface area contributed by atoms with Gasteiger partial charge in [-0.25, -0.2) is 8.42 Å². The number of aliphatic hydroxyl groups is 1. The van der Waals surface area contributed by atoms with Gasteiger partial charge in [-0.2, -0.15) is 0 Å². The molecule has 18 heavy (non-hydrogen) atoms. The van der Waals surface area contributed by atoms with Crippen LogP contribution in [-0.4, -0.2) is 32.9 Å². The van der Waals surface area contributed by atoms with Crippen LogP contribution in [0.3, 0.4) is 0 Å². The van der Waals surface area contributed by atoms with Gasteiger partial charge in [-0.05, 0) is 37.6 Å². The number of benzene rings is 1. The van der Waals surface area contributed by atoms with Crippen molar-refractivity contribution in [1.29, 1.82) is 0 Å². The van der Waals surface area contributed by atoms with E-state index in [1.807, 2.05) is 0 Å². The van der Waals surface area contributed by atoms with Crippen molar-refractivity contribution < 1.29 is 13.5 Å². The molecule has 0 aliphatic carbocycles. The molecule has 0 heterocycles. The van der Waals surface area contributed by atoms with E-state index in [1.54, 1.807) is 19.1 Å². The van der Waals surface area contributed by atoms with Gasteiger partial charge < -0.3 is 10.4 Å². The van der Waals surface area contributed by atoms with Gasteiger partial charge in [-0.1, -0.05) is 19.1 Å². The second-order valence-electron chi connectivity index (χ2n) is 4.75. The first kappa shape index (κ1) is 15.1. The van der Waals surface area contributed by atoms with Crippen LogP contribution in [0, 0.1) is 0 Å². The van der Waals surface area contributed by atoms with E-state index in [0.717, 1.165) is 13.0 Å². The molecule has 1 aromatic carbocycles. The van der Waals surface area contributed by atoms with E-state index in [0.29, 0.717) is 12.1 Å². The van der Waals surface area contributed by atoms with Crippen LogP contribution in [0.4, 0.5) is 0 Å². The smallest absolute Gasteiger partial charge is 0.175 e. The van der Waals surface area contributed by atoms with Gasteiger partial charge in [0.2, 0.25) is 0 Å². The molecule has 0 aliphatic heterocycles. The fourth-order valence-electron chi connectivity index (χ4n) is 1.67. The van der Waals surface area contributed by atoms with E-state index in [2.05, 4.69) is 12.2 Å². The summed E-state index contributed by atoms with van der Waals surface area (Å²) in [4.78, 5) is 0.267. The van der Waals surface area contributed by atoms with Crippen LogP contribution < -0.4 is 5.32 Å². The molecule has 0 fully saturated rings. The van der Waals surface area contributed by atoms with E-state index in [9.17, 15) is 13.5 Å². The van der Waals surface area contributed by atoms with Gasteiger partial charge in [0.05, 0.1) is 10.5 Å². The third-order valence-electron chi connectivity index (χ3n) is 2.80. The molecule has 1 unspecified atom stereocenters. The average molecular weight is 271 g/mol. The van der Waals surface area contributed by atoms with Crippen LogP contribution in [0.2, 0.25) is 0 Å². The van der Waals surface area contributed by atoms with Crippen molar-refractivity contribution in [3.8, 4) is 0 Å². The second kappa shape index (κ2) is 5.82. The van der Waals surface area contributed by atoms with Crippen LogP contribution in [0.5, 0.6) is 0 Å². The van der Waals surface area contributed by atoms with Crippen molar-refractivity contribution in [2.24, 2.45) is 0 Å². The third kappa shape index (κ3) is 4.08. The normalized spacial score (nSPS) is 15.3. The molecule has 0 saturated heterocycles. The van der Waals surface area contributed by atoms with Crippen molar-refractivity contribution in [3.05, 3.63) is 29.8 Å². The molecule has 0 amide bonds. The Balaban J connectivity index is 2.84. The molecule has 0 spiro atoms. The minimum Gasteiger partial charge on any atom is -0.384 e. The Morgan fingerprint density at radius 2 is 1.83 bits per heavy atom. The highest BCUT2D eigenvalue weighted by molar-refractivity contribution is 7.90. The number of hydrogen-bond donors (Lipinski definition) is 2. The monoisotopic (exact) mass is 271 g/mol. The Hall–Kier alpha value is -0.910. The summed E-state index contributed by atoms with van der Waals surface area (Å²) in [5.41, 5.74) is -0.288. The summed E-state index contributed by atoms with van der Waals surface area (Å²) < 4.78 is 22.7. The van der Waals surface area contributed by atoms with E-state index < -0.39 is 15.4 Å². The van der Waals surface area contributed by atoms with Gasteiger partial charge in [0.15, 0.2) is 9.84 Å². The highest BCUT2D eigenvalue weighted by atomic mass is 32.2. The highest BCUT2D eigenvalue weighted by Crippen LogP contribution is 2.21. The summed E-state index contributed by atoms with van der Waals surface area (Å²) in [5.74, 6) is 0. The molecular weight excluding hydrogens is 250 g/mol. The first-order valence-electron chi connectivity index (χ1n) is 6.01. The van der Waals surface area contributed by atoms with E-state index in [-0.39, 0.29) is 4.90 Å². The molecule has 0 radical (unpaired) electrons. The summed E-state index contributed by atoms with van der Waals surface area (Å²) >= 11 is 0. The maximum Gasteiger partial charge on any atom is 0.175 e. The molecule has 1 aromatic rings. The fourth-order valence-corrected chi connectivity index (χ4v) is 2.30. The third-order valence-corrected chi connectivity index (χ3v) is 3.93. The molecule has 102 valence electrons. The van der Waals surface area contributed by atoms with Crippen LogP contribution in [-0.2, 0) is 15.4 Å². The predicted octanol–water partition coefficient (Wildman–Crippen LogP) is 1.30. The molecule has 0 saturated carbocycles. The van der Waals surface area contributed by atoms with Gasteiger partial charge in [0.1, 0.15) is 0 Å². The Morgan fingerprint density at radius 3 is 2.28 bits per heavy atom. The first-order valence-corrected chi connectivity index (χ1v) is 7.90. The predicted molar refractivity (Wildman–Crippen MR) is 72.3 cm³/mol. The maximum atomic E-state index is 11.3. The van der Waals surface area contributed by atoms with Crippen molar-refractivity contribution in [2.45, 2.75) is 30.8 Å². The van der Waals surface area contributed by atoms with Gasteiger partial charge in [0, 0.05) is 12.8 Å². The Kier molecular flexibility index (Phi) is 4.90. The number of hydrogen-bond acceptors (Lipinski definition) is 4. The zero-order valence-corrected chi connectivity index (χ0v) is 11.9. The van der Waals surface area contributed by atoms with Gasteiger partial charge in [-0.3, -0.25) is 0 Å². The average Bonchev–Trinajstić information content (AvgIpc) is 2.28. The molecule has 0 aliphatic rings. The van der Waals surface area contributed by atoms with Crippen LogP contribution >= 0.6 is 0 Å². The van der Waals surface area contributed by atoms with Gasteiger partial charge in [0.25, 0.3) is 0 Å². The SMILES string of the molecule is CCCNCC(C)(O)c1ccc(S(C)(=O)=O)cc1. The minimum atomic E-state index is -3.18. The maximum absolute atomic E-state index is 11.3. The molecule has 0 bridgehead atoms. The van der Waals surface area contributed by atoms with Crippen LogP contribution in [0.1, 0.15) is 25.8 Å². The standard InChI is InChI=1S/C13H21NO3S/c1-4-9-14-10-13(2,15)11-5-7-12(8-6-11)18(3,16)17/h5-8,14-15H,4,9-10H2,1-3H3. The Labute approximate surface area is 109 Å². The largest absolute Gasteiger partial charge is 0.384 e. The lowest BCUT2D eigenvalue weighted by Crippen LogP contribution is -2.35. The van der Waals surface area contributed by atoms with Gasteiger partial charge in [-0.15, -0.1) is 0 Å². The summed E-state index contributed by atoms with van der Waals surface area (Å²) in [7, 11) is -3.18. The zero-order valence-electron chi connectivity index (χ0n) is 11.1. The molecular formula is C13H21NO3S. The van der Waals surface area contributed by atoms with E-state index in [1.165, 1.54) is 18.4 Å². The fraction of sp³-hybridized carbons (Fsp3) is 0.538. The summed E-state index contributed by atoms with van der Waals surface area (Å²) in [6.07, 6.45) is 2.17. The lowest BCUT2D eigenvalue weighted by molar-refractivity contribution is 0.0572. The van der Waals surface area contributed by atoms with Crippen molar-refractivity contribution in [1.82, 2.24) is 5.32 Å². The Morgan fingerprint density at radius 1 is 1.28 bits per heavy atom. The quantitative estimate of drug-likeness (QED) is 0.765. The summed E-state index contributed by atoms with van der Waals surface area (Å²) in [5, 5.41) is 13.4. The first-order chi connectivity index (χ1) is 8.27. The molecule has 1 atom stereocenters. The van der Waals surface area contributed by atoms with Crippen molar-refractivity contribution >= 4 is 9.84 Å². The highest BCUT2D eigenvalue weighted by Gasteiger charge is 2.22. The Bertz CT molecular complexity index is 477.